The van der Waals surface area contributed by atoms with Gasteiger partial charge in [0, 0.05) is 24.3 Å². The van der Waals surface area contributed by atoms with Crippen LogP contribution in [0, 0.1) is 0 Å². The van der Waals surface area contributed by atoms with Crippen LogP contribution in [0.1, 0.15) is 19.3 Å². The molecule has 0 aliphatic carbocycles. The van der Waals surface area contributed by atoms with Gasteiger partial charge in [-0.1, -0.05) is 6.42 Å². The highest BCUT2D eigenvalue weighted by Gasteiger charge is 2.12. The molecule has 0 spiro atoms. The maximum atomic E-state index is 12.7. The summed E-state index contributed by atoms with van der Waals surface area (Å²) < 4.78 is 13.8. The fourth-order valence-corrected chi connectivity index (χ4v) is 3.90. The molecule has 6 nitrogen and oxygen atoms in total. The van der Waals surface area contributed by atoms with E-state index in [-0.39, 0.29) is 5.43 Å². The molecule has 1 aliphatic rings. The maximum absolute atomic E-state index is 12.7. The normalized spacial score (nSPS) is 15.2. The summed E-state index contributed by atoms with van der Waals surface area (Å²) in [6.45, 7) is 3.84. The maximum Gasteiger partial charge on any atom is 0.193 e. The van der Waals surface area contributed by atoms with E-state index < -0.39 is 0 Å². The van der Waals surface area contributed by atoms with E-state index in [1.165, 1.54) is 25.3 Å². The summed E-state index contributed by atoms with van der Waals surface area (Å²) in [4.78, 5) is 19.5. The molecule has 3 aromatic heterocycles. The van der Waals surface area contributed by atoms with Gasteiger partial charge in [0.1, 0.15) is 23.6 Å². The predicted molar refractivity (Wildman–Crippen MR) is 112 cm³/mol. The monoisotopic (exact) mass is 389 g/mol. The van der Waals surface area contributed by atoms with Crippen LogP contribution in [0.25, 0.3) is 27.9 Å². The third kappa shape index (κ3) is 3.76. The number of hydrogen-bond acceptors (Lipinski definition) is 5. The summed E-state index contributed by atoms with van der Waals surface area (Å²) in [6.07, 6.45) is 7.51. The van der Waals surface area contributed by atoms with Gasteiger partial charge >= 0.3 is 0 Å². The van der Waals surface area contributed by atoms with Crippen molar-refractivity contribution in [3.8, 4) is 17.2 Å². The first kappa shape index (κ1) is 17.9. The second-order valence-corrected chi connectivity index (χ2v) is 7.50. The van der Waals surface area contributed by atoms with Crippen LogP contribution >= 0.6 is 0 Å². The summed E-state index contributed by atoms with van der Waals surface area (Å²) >= 11 is 0. The number of benzene rings is 1. The fraction of sp³-hybridized carbons (Fsp3) is 0.304. The van der Waals surface area contributed by atoms with Gasteiger partial charge in [-0.15, -0.1) is 0 Å². The van der Waals surface area contributed by atoms with Crippen LogP contribution in [0.4, 0.5) is 0 Å². The van der Waals surface area contributed by atoms with Gasteiger partial charge in [-0.3, -0.25) is 9.69 Å². The Morgan fingerprint density at radius 3 is 2.86 bits per heavy atom. The molecule has 0 N–H and O–H groups in total. The summed E-state index contributed by atoms with van der Waals surface area (Å²) in [5.74, 6) is 1.16. The van der Waals surface area contributed by atoms with E-state index in [1.807, 2.05) is 34.9 Å². The number of fused-ring (bicyclic) bond motifs is 2. The van der Waals surface area contributed by atoms with E-state index in [4.69, 9.17) is 9.15 Å². The Labute approximate surface area is 168 Å². The molecule has 4 aromatic rings. The Hall–Kier alpha value is -3.12. The minimum atomic E-state index is -0.0974. The highest BCUT2D eigenvalue weighted by Crippen LogP contribution is 2.24. The molecule has 1 aromatic carbocycles. The standard InChI is InChI=1S/C23H23N3O3/c27-21-15-23(20-13-17-5-4-10-26(17)16-24-20)29-22-7-6-18(14-19(21)22)28-12-11-25-8-2-1-3-9-25/h4-7,10,13-16H,1-3,8-9,11-12H2. The van der Waals surface area contributed by atoms with Gasteiger partial charge in [0.2, 0.25) is 0 Å². The van der Waals surface area contributed by atoms with Gasteiger partial charge in [0.15, 0.2) is 11.2 Å². The Kier molecular flexibility index (Phi) is 4.77. The Morgan fingerprint density at radius 2 is 1.97 bits per heavy atom. The minimum absolute atomic E-state index is 0.0974. The molecule has 0 amide bonds. The number of likely N-dealkylation sites (tertiary alicyclic amines) is 1. The average molecular weight is 389 g/mol. The third-order valence-corrected chi connectivity index (χ3v) is 5.49. The Balaban J connectivity index is 1.36. The Morgan fingerprint density at radius 1 is 1.07 bits per heavy atom. The van der Waals surface area contributed by atoms with Crippen LogP contribution in [-0.4, -0.2) is 40.5 Å². The molecule has 29 heavy (non-hydrogen) atoms. The van der Waals surface area contributed by atoms with Crippen LogP contribution in [0.3, 0.4) is 0 Å². The van der Waals surface area contributed by atoms with Crippen LogP contribution in [-0.2, 0) is 0 Å². The fourth-order valence-electron chi connectivity index (χ4n) is 3.90. The number of aromatic nitrogens is 2. The quantitative estimate of drug-likeness (QED) is 0.517. The first-order valence-corrected chi connectivity index (χ1v) is 10.1. The van der Waals surface area contributed by atoms with E-state index in [0.29, 0.717) is 34.8 Å². The Bertz CT molecular complexity index is 1200. The summed E-state index contributed by atoms with van der Waals surface area (Å²) in [5, 5.41) is 0.521. The van der Waals surface area contributed by atoms with Gasteiger partial charge in [0.25, 0.3) is 0 Å². The molecule has 0 saturated carbocycles. The third-order valence-electron chi connectivity index (χ3n) is 5.49. The van der Waals surface area contributed by atoms with E-state index >= 15 is 0 Å². The van der Waals surface area contributed by atoms with E-state index in [9.17, 15) is 4.79 Å². The second-order valence-electron chi connectivity index (χ2n) is 7.50. The van der Waals surface area contributed by atoms with E-state index in [1.54, 1.807) is 18.5 Å². The van der Waals surface area contributed by atoms with Crippen molar-refractivity contribution in [3.05, 3.63) is 65.2 Å². The molecule has 1 aliphatic heterocycles. The molecule has 6 heteroatoms. The summed E-state index contributed by atoms with van der Waals surface area (Å²) in [5.41, 5.74) is 2.07. The van der Waals surface area contributed by atoms with Gasteiger partial charge in [-0.05, 0) is 62.3 Å². The molecule has 1 saturated heterocycles. The number of piperidine rings is 1. The van der Waals surface area contributed by atoms with Crippen molar-refractivity contribution in [1.82, 2.24) is 14.3 Å². The van der Waals surface area contributed by atoms with Crippen molar-refractivity contribution < 1.29 is 9.15 Å². The van der Waals surface area contributed by atoms with Crippen LogP contribution < -0.4 is 10.2 Å². The molecule has 4 heterocycles. The van der Waals surface area contributed by atoms with Crippen molar-refractivity contribution >= 4 is 16.5 Å². The van der Waals surface area contributed by atoms with Crippen molar-refractivity contribution in [2.75, 3.05) is 26.2 Å². The zero-order valence-electron chi connectivity index (χ0n) is 16.2. The molecule has 0 radical (unpaired) electrons. The number of ether oxygens (including phenoxy) is 1. The predicted octanol–water partition coefficient (Wildman–Crippen LogP) is 3.97. The van der Waals surface area contributed by atoms with Crippen LogP contribution in [0.5, 0.6) is 5.75 Å². The van der Waals surface area contributed by atoms with Gasteiger partial charge < -0.3 is 13.6 Å². The van der Waals surface area contributed by atoms with Crippen molar-refractivity contribution in [2.45, 2.75) is 19.3 Å². The first-order chi connectivity index (χ1) is 14.3. The lowest BCUT2D eigenvalue weighted by molar-refractivity contribution is 0.183. The van der Waals surface area contributed by atoms with Crippen molar-refractivity contribution in [3.63, 3.8) is 0 Å². The number of hydrogen-bond donors (Lipinski definition) is 0. The van der Waals surface area contributed by atoms with Gasteiger partial charge in [-0.2, -0.15) is 0 Å². The first-order valence-electron chi connectivity index (χ1n) is 10.1. The summed E-state index contributed by atoms with van der Waals surface area (Å²) in [6, 6.07) is 12.8. The zero-order chi connectivity index (χ0) is 19.6. The summed E-state index contributed by atoms with van der Waals surface area (Å²) in [7, 11) is 0. The largest absolute Gasteiger partial charge is 0.492 e. The molecule has 0 bridgehead atoms. The highest BCUT2D eigenvalue weighted by atomic mass is 16.5. The zero-order valence-corrected chi connectivity index (χ0v) is 16.2. The molecular formula is C23H23N3O3. The lowest BCUT2D eigenvalue weighted by Gasteiger charge is -2.26. The topological polar surface area (TPSA) is 60.0 Å². The SMILES string of the molecule is O=c1cc(-c2cc3cccn3cn2)oc2ccc(OCCN3CCCCC3)cc12. The lowest BCUT2D eigenvalue weighted by Crippen LogP contribution is -2.33. The molecule has 0 unspecified atom stereocenters. The van der Waals surface area contributed by atoms with Crippen LogP contribution in [0.2, 0.25) is 0 Å². The highest BCUT2D eigenvalue weighted by molar-refractivity contribution is 5.80. The lowest BCUT2D eigenvalue weighted by atomic mass is 10.1. The van der Waals surface area contributed by atoms with Crippen molar-refractivity contribution in [2.24, 2.45) is 0 Å². The number of rotatable bonds is 5. The van der Waals surface area contributed by atoms with Crippen molar-refractivity contribution in [1.29, 1.82) is 0 Å². The smallest absolute Gasteiger partial charge is 0.193 e. The number of nitrogens with zero attached hydrogens (tertiary/aromatic N) is 3. The minimum Gasteiger partial charge on any atom is -0.492 e. The van der Waals surface area contributed by atoms with Crippen LogP contribution in [0.15, 0.2) is 64.2 Å². The molecular weight excluding hydrogens is 366 g/mol. The van der Waals surface area contributed by atoms with Gasteiger partial charge in [0.05, 0.1) is 11.7 Å². The molecule has 148 valence electrons. The molecule has 1 fully saturated rings. The second kappa shape index (κ2) is 7.72. The molecule has 5 rings (SSSR count). The molecule has 0 atom stereocenters. The average Bonchev–Trinajstić information content (AvgIpc) is 3.23. The van der Waals surface area contributed by atoms with Gasteiger partial charge in [-0.25, -0.2) is 4.98 Å². The van der Waals surface area contributed by atoms with E-state index in [2.05, 4.69) is 9.88 Å². The van der Waals surface area contributed by atoms with E-state index in [0.717, 1.165) is 25.2 Å².